The van der Waals surface area contributed by atoms with E-state index in [0.717, 1.165) is 0 Å². The third kappa shape index (κ3) is 4.17. The Kier molecular flexibility index (Phi) is 5.36. The van der Waals surface area contributed by atoms with Crippen molar-refractivity contribution < 1.29 is 22.3 Å². The maximum atomic E-state index is 12.9. The molecule has 0 spiro atoms. The van der Waals surface area contributed by atoms with Crippen LogP contribution in [-0.2, 0) is 20.5 Å². The molecule has 1 aromatic carbocycles. The van der Waals surface area contributed by atoms with Crippen LogP contribution in [0.25, 0.3) is 0 Å². The third-order valence-corrected chi connectivity index (χ3v) is 5.39. The summed E-state index contributed by atoms with van der Waals surface area (Å²) in [5.41, 5.74) is 0.537. The summed E-state index contributed by atoms with van der Waals surface area (Å²) in [6.45, 7) is 1.36. The SMILES string of the molecule is COC(=O)N1CCCN(S(=O)(=O)Cc2ccc(F)cc2)CC1. The van der Waals surface area contributed by atoms with Crippen LogP contribution in [0, 0.1) is 5.82 Å². The fourth-order valence-corrected chi connectivity index (χ4v) is 3.93. The molecule has 22 heavy (non-hydrogen) atoms. The van der Waals surface area contributed by atoms with Crippen LogP contribution in [0.15, 0.2) is 24.3 Å². The van der Waals surface area contributed by atoms with Crippen LogP contribution in [0.3, 0.4) is 0 Å². The van der Waals surface area contributed by atoms with Crippen LogP contribution in [0.1, 0.15) is 12.0 Å². The van der Waals surface area contributed by atoms with E-state index in [1.807, 2.05) is 0 Å². The number of hydrogen-bond donors (Lipinski definition) is 0. The lowest BCUT2D eigenvalue weighted by Crippen LogP contribution is -2.37. The van der Waals surface area contributed by atoms with Crippen molar-refractivity contribution in [2.45, 2.75) is 12.2 Å². The number of hydrogen-bond acceptors (Lipinski definition) is 4. The zero-order valence-corrected chi connectivity index (χ0v) is 13.2. The van der Waals surface area contributed by atoms with Crippen LogP contribution in [0.2, 0.25) is 0 Å². The first-order chi connectivity index (χ1) is 10.4. The van der Waals surface area contributed by atoms with Gasteiger partial charge < -0.3 is 9.64 Å². The minimum absolute atomic E-state index is 0.175. The Bertz CT molecular complexity index is 618. The number of benzene rings is 1. The fourth-order valence-electron chi connectivity index (χ4n) is 2.37. The van der Waals surface area contributed by atoms with Crippen molar-refractivity contribution in [3.05, 3.63) is 35.6 Å². The lowest BCUT2D eigenvalue weighted by molar-refractivity contribution is 0.126. The Hall–Kier alpha value is -1.67. The number of carbonyl (C=O) groups excluding carboxylic acids is 1. The van der Waals surface area contributed by atoms with Gasteiger partial charge in [-0.05, 0) is 24.1 Å². The number of sulfonamides is 1. The van der Waals surface area contributed by atoms with Gasteiger partial charge in [0.15, 0.2) is 0 Å². The van der Waals surface area contributed by atoms with E-state index in [1.54, 1.807) is 0 Å². The molecule has 0 bridgehead atoms. The largest absolute Gasteiger partial charge is 0.453 e. The molecular weight excluding hydrogens is 311 g/mol. The summed E-state index contributed by atoms with van der Waals surface area (Å²) in [4.78, 5) is 13.0. The number of methoxy groups -OCH3 is 1. The standard InChI is InChI=1S/C14H19FN2O4S/c1-21-14(18)16-7-2-8-17(10-9-16)22(19,20)11-12-3-5-13(15)6-4-12/h3-6H,2,7-11H2,1H3. The van der Waals surface area contributed by atoms with Crippen LogP contribution in [-0.4, -0.2) is 57.0 Å². The number of carbonyl (C=O) groups is 1. The molecule has 0 radical (unpaired) electrons. The highest BCUT2D eigenvalue weighted by atomic mass is 32.2. The smallest absolute Gasteiger partial charge is 0.409 e. The van der Waals surface area contributed by atoms with Crippen molar-refractivity contribution in [1.82, 2.24) is 9.21 Å². The molecule has 1 saturated heterocycles. The number of halogens is 1. The molecule has 6 nitrogen and oxygen atoms in total. The molecule has 1 fully saturated rings. The predicted octanol–water partition coefficient (Wildman–Crippen LogP) is 1.43. The molecule has 1 aliphatic rings. The fraction of sp³-hybridized carbons (Fsp3) is 0.500. The second-order valence-electron chi connectivity index (χ2n) is 5.09. The van der Waals surface area contributed by atoms with Gasteiger partial charge in [0.1, 0.15) is 5.82 Å². The number of nitrogens with zero attached hydrogens (tertiary/aromatic N) is 2. The average molecular weight is 330 g/mol. The number of ether oxygens (including phenoxy) is 1. The van der Waals surface area contributed by atoms with Gasteiger partial charge in [-0.15, -0.1) is 0 Å². The molecular formula is C14H19FN2O4S. The summed E-state index contributed by atoms with van der Waals surface area (Å²) in [5.74, 6) is -0.574. The Morgan fingerprint density at radius 3 is 2.50 bits per heavy atom. The van der Waals surface area contributed by atoms with Gasteiger partial charge in [0.05, 0.1) is 12.9 Å². The first-order valence-corrected chi connectivity index (χ1v) is 8.58. The number of amides is 1. The minimum atomic E-state index is -3.50. The van der Waals surface area contributed by atoms with E-state index in [4.69, 9.17) is 0 Å². The van der Waals surface area contributed by atoms with Gasteiger partial charge >= 0.3 is 6.09 Å². The highest BCUT2D eigenvalue weighted by Gasteiger charge is 2.27. The van der Waals surface area contributed by atoms with E-state index in [2.05, 4.69) is 4.74 Å². The van der Waals surface area contributed by atoms with E-state index < -0.39 is 21.9 Å². The predicted molar refractivity (Wildman–Crippen MR) is 79.2 cm³/mol. The molecule has 8 heteroatoms. The molecule has 1 aromatic rings. The second-order valence-corrected chi connectivity index (χ2v) is 7.06. The maximum absolute atomic E-state index is 12.9. The molecule has 0 N–H and O–H groups in total. The molecule has 122 valence electrons. The molecule has 0 aliphatic carbocycles. The molecule has 0 atom stereocenters. The van der Waals surface area contributed by atoms with Crippen molar-refractivity contribution in [2.75, 3.05) is 33.3 Å². The quantitative estimate of drug-likeness (QED) is 0.841. The summed E-state index contributed by atoms with van der Waals surface area (Å²) < 4.78 is 43.8. The van der Waals surface area contributed by atoms with Crippen molar-refractivity contribution in [1.29, 1.82) is 0 Å². The van der Waals surface area contributed by atoms with Crippen LogP contribution >= 0.6 is 0 Å². The number of rotatable bonds is 3. The van der Waals surface area contributed by atoms with Crippen molar-refractivity contribution >= 4 is 16.1 Å². The Morgan fingerprint density at radius 2 is 1.86 bits per heavy atom. The molecule has 1 heterocycles. The van der Waals surface area contributed by atoms with Gasteiger partial charge in [-0.3, -0.25) is 0 Å². The summed E-state index contributed by atoms with van der Waals surface area (Å²) in [6, 6.07) is 5.41. The van der Waals surface area contributed by atoms with Crippen molar-refractivity contribution in [2.24, 2.45) is 0 Å². The van der Waals surface area contributed by atoms with E-state index in [1.165, 1.54) is 40.6 Å². The zero-order chi connectivity index (χ0) is 16.2. The summed E-state index contributed by atoms with van der Waals surface area (Å²) in [6.07, 6.45) is 0.107. The van der Waals surface area contributed by atoms with Crippen molar-refractivity contribution in [3.8, 4) is 0 Å². The van der Waals surface area contributed by atoms with E-state index >= 15 is 0 Å². The normalized spacial score (nSPS) is 17.1. The summed E-state index contributed by atoms with van der Waals surface area (Å²) in [7, 11) is -2.19. The van der Waals surface area contributed by atoms with Crippen LogP contribution < -0.4 is 0 Å². The molecule has 0 aromatic heterocycles. The maximum Gasteiger partial charge on any atom is 0.409 e. The highest BCUT2D eigenvalue weighted by Crippen LogP contribution is 2.14. The second kappa shape index (κ2) is 7.06. The first kappa shape index (κ1) is 16.7. The van der Waals surface area contributed by atoms with Crippen LogP contribution in [0.5, 0.6) is 0 Å². The highest BCUT2D eigenvalue weighted by molar-refractivity contribution is 7.88. The minimum Gasteiger partial charge on any atom is -0.453 e. The van der Waals surface area contributed by atoms with Gasteiger partial charge in [-0.1, -0.05) is 12.1 Å². The lowest BCUT2D eigenvalue weighted by atomic mass is 10.2. The Morgan fingerprint density at radius 1 is 1.18 bits per heavy atom. The van der Waals surface area contributed by atoms with Gasteiger partial charge in [0.25, 0.3) is 0 Å². The molecule has 2 rings (SSSR count). The molecule has 0 saturated carbocycles. The average Bonchev–Trinajstić information content (AvgIpc) is 2.75. The topological polar surface area (TPSA) is 66.9 Å². The van der Waals surface area contributed by atoms with Gasteiger partial charge in [0, 0.05) is 26.2 Å². The Labute approximate surface area is 129 Å². The van der Waals surface area contributed by atoms with E-state index in [-0.39, 0.29) is 12.3 Å². The Balaban J connectivity index is 2.03. The van der Waals surface area contributed by atoms with Crippen molar-refractivity contribution in [3.63, 3.8) is 0 Å². The summed E-state index contributed by atoms with van der Waals surface area (Å²) >= 11 is 0. The van der Waals surface area contributed by atoms with Gasteiger partial charge in [-0.2, -0.15) is 4.31 Å². The lowest BCUT2D eigenvalue weighted by Gasteiger charge is -2.21. The monoisotopic (exact) mass is 330 g/mol. The molecule has 0 unspecified atom stereocenters. The van der Waals surface area contributed by atoms with E-state index in [0.29, 0.717) is 31.6 Å². The van der Waals surface area contributed by atoms with Crippen LogP contribution in [0.4, 0.5) is 9.18 Å². The first-order valence-electron chi connectivity index (χ1n) is 6.97. The van der Waals surface area contributed by atoms with Gasteiger partial charge in [0.2, 0.25) is 10.0 Å². The summed E-state index contributed by atoms with van der Waals surface area (Å²) in [5, 5.41) is 0. The van der Waals surface area contributed by atoms with E-state index in [9.17, 15) is 17.6 Å². The molecule has 1 amide bonds. The zero-order valence-electron chi connectivity index (χ0n) is 12.4. The third-order valence-electron chi connectivity index (χ3n) is 3.54. The van der Waals surface area contributed by atoms with Gasteiger partial charge in [-0.25, -0.2) is 17.6 Å². The molecule has 1 aliphatic heterocycles.